The van der Waals surface area contributed by atoms with Crippen LogP contribution in [0.2, 0.25) is 0 Å². The van der Waals surface area contributed by atoms with Crippen molar-refractivity contribution in [2.24, 2.45) is 0 Å². The van der Waals surface area contributed by atoms with Crippen LogP contribution in [0, 0.1) is 0 Å². The number of para-hydroxylation sites is 2. The molecule has 61 heavy (non-hydrogen) atoms. The van der Waals surface area contributed by atoms with Crippen LogP contribution < -0.4 is 0 Å². The second-order valence-electron chi connectivity index (χ2n) is 16.6. The molecular formula is C57H41N3O. The number of hydrogen-bond acceptors (Lipinski definition) is 4. The van der Waals surface area contributed by atoms with Gasteiger partial charge in [0.05, 0.1) is 5.56 Å². The fourth-order valence-electron chi connectivity index (χ4n) is 10.3. The van der Waals surface area contributed by atoms with Gasteiger partial charge in [-0.25, -0.2) is 15.0 Å². The maximum atomic E-state index is 6.47. The first-order valence-corrected chi connectivity index (χ1v) is 21.5. The molecule has 1 spiro atoms. The number of benzene rings is 8. The van der Waals surface area contributed by atoms with Crippen molar-refractivity contribution in [1.82, 2.24) is 15.0 Å². The lowest BCUT2D eigenvalue weighted by molar-refractivity contribution is 0.353. The van der Waals surface area contributed by atoms with E-state index in [0.29, 0.717) is 17.5 Å². The molecule has 12 rings (SSSR count). The first kappa shape index (κ1) is 35.5. The fraction of sp³-hybridized carbons (Fsp3) is 0.105. The van der Waals surface area contributed by atoms with Gasteiger partial charge in [-0.15, -0.1) is 0 Å². The predicted molar refractivity (Wildman–Crippen MR) is 249 cm³/mol. The second kappa shape index (κ2) is 14.4. The maximum Gasteiger partial charge on any atom is 0.167 e. The highest BCUT2D eigenvalue weighted by Gasteiger charge is 2.45. The Balaban J connectivity index is 0.918. The van der Waals surface area contributed by atoms with E-state index in [1.54, 1.807) is 0 Å². The van der Waals surface area contributed by atoms with Crippen LogP contribution in [0.3, 0.4) is 0 Å². The summed E-state index contributed by atoms with van der Waals surface area (Å²) in [5.74, 6) is 1.78. The number of aromatic nitrogens is 3. The Morgan fingerprint density at radius 3 is 1.72 bits per heavy atom. The van der Waals surface area contributed by atoms with Gasteiger partial charge in [0.15, 0.2) is 17.5 Å². The summed E-state index contributed by atoms with van der Waals surface area (Å²) in [6.07, 6.45) is 6.33. The molecular weight excluding hydrogens is 743 g/mol. The van der Waals surface area contributed by atoms with Crippen molar-refractivity contribution < 1.29 is 4.42 Å². The van der Waals surface area contributed by atoms with Gasteiger partial charge in [0.2, 0.25) is 0 Å². The van der Waals surface area contributed by atoms with Crippen molar-refractivity contribution in [3.8, 4) is 78.7 Å². The molecule has 0 N–H and O–H groups in total. The predicted octanol–water partition coefficient (Wildman–Crippen LogP) is 15.0. The van der Waals surface area contributed by atoms with E-state index >= 15 is 0 Å². The molecule has 0 aliphatic heterocycles. The summed E-state index contributed by atoms with van der Waals surface area (Å²) < 4.78 is 6.47. The number of fused-ring (bicyclic) bond motifs is 8. The summed E-state index contributed by atoms with van der Waals surface area (Å²) in [5.41, 5.74) is 17.5. The average molecular weight is 784 g/mol. The minimum Gasteiger partial charge on any atom is -0.455 e. The van der Waals surface area contributed by atoms with Gasteiger partial charge < -0.3 is 4.42 Å². The van der Waals surface area contributed by atoms with Crippen LogP contribution in [-0.2, 0) is 5.41 Å². The van der Waals surface area contributed by atoms with Crippen molar-refractivity contribution in [2.75, 3.05) is 0 Å². The van der Waals surface area contributed by atoms with Crippen molar-refractivity contribution in [3.63, 3.8) is 0 Å². The zero-order valence-corrected chi connectivity index (χ0v) is 33.7. The minimum absolute atomic E-state index is 0.104. The van der Waals surface area contributed by atoms with Crippen LogP contribution >= 0.6 is 0 Å². The summed E-state index contributed by atoms with van der Waals surface area (Å²) in [6, 6.07) is 67.0. The van der Waals surface area contributed by atoms with Gasteiger partial charge in [0.1, 0.15) is 11.2 Å². The minimum atomic E-state index is 0.104. The first-order chi connectivity index (χ1) is 30.2. The highest BCUT2D eigenvalue weighted by atomic mass is 16.3. The average Bonchev–Trinajstić information content (AvgIpc) is 3.85. The van der Waals surface area contributed by atoms with E-state index in [1.165, 1.54) is 71.0 Å². The zero-order chi connectivity index (χ0) is 40.3. The van der Waals surface area contributed by atoms with Gasteiger partial charge in [0.25, 0.3) is 0 Å². The molecule has 2 aliphatic rings. The van der Waals surface area contributed by atoms with Crippen LogP contribution in [0.1, 0.15) is 43.2 Å². The van der Waals surface area contributed by atoms with Crippen LogP contribution in [-0.4, -0.2) is 15.0 Å². The van der Waals surface area contributed by atoms with Crippen LogP contribution in [0.25, 0.3) is 101 Å². The Morgan fingerprint density at radius 2 is 0.902 bits per heavy atom. The summed E-state index contributed by atoms with van der Waals surface area (Å²) in [6.45, 7) is 0. The summed E-state index contributed by atoms with van der Waals surface area (Å²) in [5, 5.41) is 2.10. The molecule has 4 heteroatoms. The largest absolute Gasteiger partial charge is 0.455 e. The van der Waals surface area contributed by atoms with E-state index in [9.17, 15) is 0 Å². The third-order valence-electron chi connectivity index (χ3n) is 13.2. The van der Waals surface area contributed by atoms with Crippen molar-refractivity contribution >= 4 is 21.9 Å². The number of rotatable bonds is 6. The van der Waals surface area contributed by atoms with Crippen molar-refractivity contribution in [3.05, 3.63) is 199 Å². The Hall–Kier alpha value is -7.43. The van der Waals surface area contributed by atoms with Crippen LogP contribution in [0.5, 0.6) is 0 Å². The van der Waals surface area contributed by atoms with Gasteiger partial charge >= 0.3 is 0 Å². The van der Waals surface area contributed by atoms with E-state index in [2.05, 4.69) is 158 Å². The molecule has 0 amide bonds. The lowest BCUT2D eigenvalue weighted by atomic mass is 9.66. The third-order valence-corrected chi connectivity index (χ3v) is 13.2. The van der Waals surface area contributed by atoms with E-state index in [-0.39, 0.29) is 5.41 Å². The smallest absolute Gasteiger partial charge is 0.167 e. The van der Waals surface area contributed by atoms with Gasteiger partial charge in [-0.1, -0.05) is 189 Å². The molecule has 4 nitrogen and oxygen atoms in total. The molecule has 290 valence electrons. The Kier molecular flexibility index (Phi) is 8.38. The quantitative estimate of drug-likeness (QED) is 0.169. The van der Waals surface area contributed by atoms with Gasteiger partial charge in [-0.2, -0.15) is 0 Å². The lowest BCUT2D eigenvalue weighted by Crippen LogP contribution is -2.28. The molecule has 8 aromatic carbocycles. The molecule has 0 radical (unpaired) electrons. The Labute approximate surface area is 355 Å². The molecule has 2 heterocycles. The van der Waals surface area contributed by atoms with Crippen molar-refractivity contribution in [1.29, 1.82) is 0 Å². The van der Waals surface area contributed by atoms with Gasteiger partial charge in [-0.3, -0.25) is 0 Å². The van der Waals surface area contributed by atoms with Crippen LogP contribution in [0.15, 0.2) is 192 Å². The molecule has 0 unspecified atom stereocenters. The fourth-order valence-corrected chi connectivity index (χ4v) is 10.3. The van der Waals surface area contributed by atoms with Gasteiger partial charge in [0, 0.05) is 27.3 Å². The maximum absolute atomic E-state index is 6.47. The summed E-state index contributed by atoms with van der Waals surface area (Å²) in [7, 11) is 0. The number of hydrogen-bond donors (Lipinski definition) is 0. The molecule has 0 bridgehead atoms. The SMILES string of the molecule is c1ccc(-c2cccc(-c3nc(-c4ccc(-c5ccc(-c6cccc7c6C6(CCCCC6)c6ccccc6-7)cc5)cc4)nc(-c4cccc5c4oc4ccccc45)n3)c2)cc1. The monoisotopic (exact) mass is 783 g/mol. The summed E-state index contributed by atoms with van der Waals surface area (Å²) in [4.78, 5) is 15.4. The molecule has 0 saturated heterocycles. The standard InChI is InChI=1S/C57H41N3O/c1-3-14-37(15-4-1)42-16-11-17-43(36-42)55-58-54(59-56(60-55)49-23-13-22-48-46-19-6-8-25-51(46)61-53(48)49)41-32-28-39(29-33-41)38-26-30-40(31-27-38)44-20-12-21-47-45-18-5-7-24-50(45)57(52(44)47)34-9-2-10-35-57/h1,3-8,11-33,36H,2,9-10,34-35H2. The number of nitrogens with zero attached hydrogens (tertiary/aromatic N) is 3. The lowest BCUT2D eigenvalue weighted by Gasteiger charge is -2.37. The van der Waals surface area contributed by atoms with E-state index in [1.807, 2.05) is 30.3 Å². The Morgan fingerprint density at radius 1 is 0.361 bits per heavy atom. The van der Waals surface area contributed by atoms with E-state index in [0.717, 1.165) is 55.3 Å². The molecule has 2 aromatic heterocycles. The van der Waals surface area contributed by atoms with Crippen LogP contribution in [0.4, 0.5) is 0 Å². The van der Waals surface area contributed by atoms with E-state index < -0.39 is 0 Å². The highest BCUT2D eigenvalue weighted by Crippen LogP contribution is 2.58. The van der Waals surface area contributed by atoms with E-state index in [4.69, 9.17) is 19.4 Å². The normalized spacial score (nSPS) is 14.0. The van der Waals surface area contributed by atoms with Gasteiger partial charge in [-0.05, 0) is 86.7 Å². The summed E-state index contributed by atoms with van der Waals surface area (Å²) >= 11 is 0. The highest BCUT2D eigenvalue weighted by molar-refractivity contribution is 6.09. The third kappa shape index (κ3) is 5.93. The molecule has 1 saturated carbocycles. The molecule has 2 aliphatic carbocycles. The Bertz CT molecular complexity index is 3270. The number of furan rings is 1. The zero-order valence-electron chi connectivity index (χ0n) is 33.7. The van der Waals surface area contributed by atoms with Crippen molar-refractivity contribution in [2.45, 2.75) is 37.5 Å². The second-order valence-corrected chi connectivity index (χ2v) is 16.6. The molecule has 10 aromatic rings. The topological polar surface area (TPSA) is 51.8 Å². The molecule has 1 fully saturated rings. The first-order valence-electron chi connectivity index (χ1n) is 21.5. The molecule has 0 atom stereocenters.